The van der Waals surface area contributed by atoms with Crippen LogP contribution in [0.3, 0.4) is 0 Å². The molecule has 0 saturated heterocycles. The number of aromatic nitrogens is 2. The maximum absolute atomic E-state index is 12.2. The minimum atomic E-state index is 0.0337. The lowest BCUT2D eigenvalue weighted by atomic mass is 10.1. The molecule has 0 fully saturated rings. The Kier molecular flexibility index (Phi) is 4.69. The predicted molar refractivity (Wildman–Crippen MR) is 99.0 cm³/mol. The van der Waals surface area contributed by atoms with Crippen molar-refractivity contribution in [1.29, 1.82) is 0 Å². The van der Waals surface area contributed by atoms with Crippen LogP contribution in [0, 0.1) is 0 Å². The Hall–Kier alpha value is -3.08. The van der Waals surface area contributed by atoms with Gasteiger partial charge in [0.1, 0.15) is 5.75 Å². The molecule has 1 aliphatic rings. The van der Waals surface area contributed by atoms with Crippen LogP contribution in [0.1, 0.15) is 22.3 Å². The largest absolute Gasteiger partial charge is 0.493 e. The van der Waals surface area contributed by atoms with Crippen LogP contribution >= 0.6 is 0 Å². The third-order valence-electron chi connectivity index (χ3n) is 4.56. The second kappa shape index (κ2) is 7.44. The molecular formula is C21H21N3O2. The molecule has 0 atom stereocenters. The zero-order valence-corrected chi connectivity index (χ0v) is 14.5. The number of hydrogen-bond acceptors (Lipinski definition) is 3. The van der Waals surface area contributed by atoms with Crippen LogP contribution in [-0.4, -0.2) is 22.1 Å². The maximum Gasteiger partial charge on any atom is 0.224 e. The lowest BCUT2D eigenvalue weighted by molar-refractivity contribution is -0.120. The molecule has 26 heavy (non-hydrogen) atoms. The number of hydrogen-bond donors (Lipinski definition) is 1. The fourth-order valence-corrected chi connectivity index (χ4v) is 3.15. The normalized spacial score (nSPS) is 12.5. The molecule has 2 heterocycles. The Morgan fingerprint density at radius 1 is 1.12 bits per heavy atom. The summed E-state index contributed by atoms with van der Waals surface area (Å²) in [5.74, 6) is 0.983. The van der Waals surface area contributed by atoms with Crippen LogP contribution in [0.15, 0.2) is 61.2 Å². The van der Waals surface area contributed by atoms with E-state index >= 15 is 0 Å². The molecule has 0 spiro atoms. The molecular weight excluding hydrogens is 326 g/mol. The van der Waals surface area contributed by atoms with Crippen LogP contribution in [0.5, 0.6) is 5.75 Å². The van der Waals surface area contributed by atoms with E-state index in [0.717, 1.165) is 36.4 Å². The van der Waals surface area contributed by atoms with Crippen molar-refractivity contribution in [2.75, 3.05) is 6.61 Å². The third kappa shape index (κ3) is 3.94. The number of nitrogens with one attached hydrogen (secondary N) is 1. The summed E-state index contributed by atoms with van der Waals surface area (Å²) in [4.78, 5) is 16.3. The van der Waals surface area contributed by atoms with Crippen LogP contribution in [0.2, 0.25) is 0 Å². The number of fused-ring (bicyclic) bond motifs is 1. The first-order chi connectivity index (χ1) is 12.8. The Bertz CT molecular complexity index is 886. The Balaban J connectivity index is 1.28. The van der Waals surface area contributed by atoms with Crippen molar-refractivity contribution in [3.63, 3.8) is 0 Å². The number of carbonyl (C=O) groups excluding carboxylic acids is 1. The Morgan fingerprint density at radius 3 is 2.73 bits per heavy atom. The first-order valence-corrected chi connectivity index (χ1v) is 8.81. The molecule has 0 bridgehead atoms. The van der Waals surface area contributed by atoms with E-state index in [0.29, 0.717) is 13.0 Å². The van der Waals surface area contributed by atoms with Crippen molar-refractivity contribution in [2.24, 2.45) is 0 Å². The molecule has 0 unspecified atom stereocenters. The molecule has 0 radical (unpaired) electrons. The Morgan fingerprint density at radius 2 is 1.92 bits per heavy atom. The fraction of sp³-hybridized carbons (Fsp3) is 0.238. The molecule has 2 aromatic carbocycles. The summed E-state index contributed by atoms with van der Waals surface area (Å²) in [7, 11) is 0. The van der Waals surface area contributed by atoms with Gasteiger partial charge in [-0.2, -0.15) is 0 Å². The minimum absolute atomic E-state index is 0.0337. The first-order valence-electron chi connectivity index (χ1n) is 8.81. The summed E-state index contributed by atoms with van der Waals surface area (Å²) in [5.41, 5.74) is 4.53. The molecule has 1 aliphatic heterocycles. The van der Waals surface area contributed by atoms with Gasteiger partial charge in [-0.1, -0.05) is 36.4 Å². The van der Waals surface area contributed by atoms with Crippen molar-refractivity contribution in [3.05, 3.63) is 83.4 Å². The van der Waals surface area contributed by atoms with Crippen molar-refractivity contribution in [1.82, 2.24) is 14.9 Å². The average molecular weight is 347 g/mol. The smallest absolute Gasteiger partial charge is 0.224 e. The van der Waals surface area contributed by atoms with Gasteiger partial charge in [-0.25, -0.2) is 4.98 Å². The van der Waals surface area contributed by atoms with E-state index in [9.17, 15) is 4.79 Å². The number of benzene rings is 2. The van der Waals surface area contributed by atoms with Gasteiger partial charge in [-0.05, 0) is 28.3 Å². The van der Waals surface area contributed by atoms with E-state index in [-0.39, 0.29) is 5.91 Å². The van der Waals surface area contributed by atoms with Gasteiger partial charge in [-0.15, -0.1) is 0 Å². The SMILES string of the molecule is O=C(Cc1ccc2c(c1)CCO2)NCc1ccc(Cn2ccnc2)cc1. The molecule has 0 aliphatic carbocycles. The van der Waals surface area contributed by atoms with Crippen molar-refractivity contribution < 1.29 is 9.53 Å². The van der Waals surface area contributed by atoms with E-state index in [1.165, 1.54) is 11.1 Å². The highest BCUT2D eigenvalue weighted by Gasteiger charge is 2.13. The molecule has 1 aromatic heterocycles. The summed E-state index contributed by atoms with van der Waals surface area (Å²) < 4.78 is 7.53. The molecule has 132 valence electrons. The summed E-state index contributed by atoms with van der Waals surface area (Å²) in [5, 5.41) is 2.99. The van der Waals surface area contributed by atoms with Gasteiger partial charge >= 0.3 is 0 Å². The van der Waals surface area contributed by atoms with E-state index in [1.807, 2.05) is 22.9 Å². The van der Waals surface area contributed by atoms with Gasteiger partial charge in [0.15, 0.2) is 0 Å². The van der Waals surface area contributed by atoms with E-state index < -0.39 is 0 Å². The maximum atomic E-state index is 12.2. The van der Waals surface area contributed by atoms with Gasteiger partial charge in [-0.3, -0.25) is 4.79 Å². The first kappa shape index (κ1) is 16.4. The predicted octanol–water partition coefficient (Wildman–Crippen LogP) is 2.73. The molecule has 5 heteroatoms. The van der Waals surface area contributed by atoms with E-state index in [1.54, 1.807) is 12.5 Å². The zero-order chi connectivity index (χ0) is 17.8. The van der Waals surface area contributed by atoms with Gasteiger partial charge in [0.05, 0.1) is 19.4 Å². The number of imidazole rings is 1. The van der Waals surface area contributed by atoms with Crippen molar-refractivity contribution in [2.45, 2.75) is 25.9 Å². The molecule has 4 rings (SSSR count). The summed E-state index contributed by atoms with van der Waals surface area (Å²) in [6.07, 6.45) is 6.85. The highest BCUT2D eigenvalue weighted by atomic mass is 16.5. The topological polar surface area (TPSA) is 56.1 Å². The molecule has 3 aromatic rings. The van der Waals surface area contributed by atoms with E-state index in [4.69, 9.17) is 4.74 Å². The summed E-state index contributed by atoms with van der Waals surface area (Å²) in [6, 6.07) is 14.3. The minimum Gasteiger partial charge on any atom is -0.493 e. The van der Waals surface area contributed by atoms with Crippen LogP contribution in [-0.2, 0) is 30.7 Å². The number of ether oxygens (including phenoxy) is 1. The highest BCUT2D eigenvalue weighted by Crippen LogP contribution is 2.25. The van der Waals surface area contributed by atoms with Crippen LogP contribution < -0.4 is 10.1 Å². The van der Waals surface area contributed by atoms with Crippen LogP contribution in [0.4, 0.5) is 0 Å². The number of amides is 1. The monoisotopic (exact) mass is 347 g/mol. The average Bonchev–Trinajstić information content (AvgIpc) is 3.32. The zero-order valence-electron chi connectivity index (χ0n) is 14.5. The standard InChI is InChI=1S/C21H21N3O2/c25-21(12-18-5-6-20-19(11-18)7-10-26-20)23-13-16-1-3-17(4-2-16)14-24-9-8-22-15-24/h1-6,8-9,11,15H,7,10,12-14H2,(H,23,25). The van der Waals surface area contributed by atoms with Gasteiger partial charge in [0.25, 0.3) is 0 Å². The quantitative estimate of drug-likeness (QED) is 0.746. The fourth-order valence-electron chi connectivity index (χ4n) is 3.15. The summed E-state index contributed by atoms with van der Waals surface area (Å²) >= 11 is 0. The van der Waals surface area contributed by atoms with Crippen molar-refractivity contribution >= 4 is 5.91 Å². The van der Waals surface area contributed by atoms with Gasteiger partial charge < -0.3 is 14.6 Å². The lowest BCUT2D eigenvalue weighted by Gasteiger charge is -2.08. The van der Waals surface area contributed by atoms with E-state index in [2.05, 4.69) is 40.6 Å². The molecule has 0 saturated carbocycles. The highest BCUT2D eigenvalue weighted by molar-refractivity contribution is 5.78. The Labute approximate surface area is 152 Å². The summed E-state index contributed by atoms with van der Waals surface area (Å²) in [6.45, 7) is 2.08. The molecule has 1 amide bonds. The van der Waals surface area contributed by atoms with Crippen LogP contribution in [0.25, 0.3) is 0 Å². The lowest BCUT2D eigenvalue weighted by Crippen LogP contribution is -2.24. The molecule has 1 N–H and O–H groups in total. The number of rotatable bonds is 6. The number of carbonyl (C=O) groups is 1. The second-order valence-corrected chi connectivity index (χ2v) is 6.55. The third-order valence-corrected chi connectivity index (χ3v) is 4.56. The van der Waals surface area contributed by atoms with Gasteiger partial charge in [0.2, 0.25) is 5.91 Å². The molecule has 5 nitrogen and oxygen atoms in total. The van der Waals surface area contributed by atoms with Gasteiger partial charge in [0, 0.05) is 31.9 Å². The second-order valence-electron chi connectivity index (χ2n) is 6.55. The van der Waals surface area contributed by atoms with Crippen molar-refractivity contribution in [3.8, 4) is 5.75 Å². The number of nitrogens with zero attached hydrogens (tertiary/aromatic N) is 2.